The summed E-state index contributed by atoms with van der Waals surface area (Å²) in [6, 6.07) is 12.8. The van der Waals surface area contributed by atoms with Crippen molar-refractivity contribution in [2.45, 2.75) is 25.4 Å². The summed E-state index contributed by atoms with van der Waals surface area (Å²) in [5.74, 6) is -0.483. The summed E-state index contributed by atoms with van der Waals surface area (Å²) in [7, 11) is 1.57. The number of halogens is 3. The lowest BCUT2D eigenvalue weighted by molar-refractivity contribution is -0.274. The predicted molar refractivity (Wildman–Crippen MR) is 116 cm³/mol. The first-order valence-electron chi connectivity index (χ1n) is 10.4. The normalized spacial score (nSPS) is 15.9. The van der Waals surface area contributed by atoms with E-state index in [-0.39, 0.29) is 17.5 Å². The number of hydrogen-bond acceptors (Lipinski definition) is 7. The Labute approximate surface area is 192 Å². The van der Waals surface area contributed by atoms with Gasteiger partial charge in [-0.05, 0) is 48.4 Å². The van der Waals surface area contributed by atoms with Crippen molar-refractivity contribution in [3.8, 4) is 11.5 Å². The van der Waals surface area contributed by atoms with Crippen LogP contribution in [0.4, 0.5) is 24.7 Å². The quantitative estimate of drug-likeness (QED) is 0.507. The highest BCUT2D eigenvalue weighted by Gasteiger charge is 2.31. The molecule has 12 heteroatoms. The molecule has 1 atom stereocenters. The van der Waals surface area contributed by atoms with E-state index in [1.54, 1.807) is 31.4 Å². The fourth-order valence-corrected chi connectivity index (χ4v) is 3.78. The summed E-state index contributed by atoms with van der Waals surface area (Å²) >= 11 is 0. The molecular weight excluding hydrogens is 455 g/mol. The van der Waals surface area contributed by atoms with Gasteiger partial charge in [-0.15, -0.1) is 18.3 Å². The minimum Gasteiger partial charge on any atom is -0.497 e. The van der Waals surface area contributed by atoms with Crippen LogP contribution in [0.2, 0.25) is 0 Å². The number of ether oxygens (including phenoxy) is 2. The van der Waals surface area contributed by atoms with Gasteiger partial charge in [0, 0.05) is 24.8 Å². The van der Waals surface area contributed by atoms with Gasteiger partial charge in [0.15, 0.2) is 5.82 Å². The van der Waals surface area contributed by atoms with Gasteiger partial charge in [0.1, 0.15) is 11.5 Å². The molecule has 1 unspecified atom stereocenters. The molecule has 0 saturated carbocycles. The van der Waals surface area contributed by atoms with Crippen molar-refractivity contribution in [3.63, 3.8) is 0 Å². The van der Waals surface area contributed by atoms with Crippen molar-refractivity contribution in [1.82, 2.24) is 15.0 Å². The molecule has 9 nitrogen and oxygen atoms in total. The van der Waals surface area contributed by atoms with E-state index in [1.165, 1.54) is 16.8 Å². The minimum absolute atomic E-state index is 0.114. The molecule has 0 spiro atoms. The molecular formula is C22H22F3N5O4. The molecule has 0 aliphatic carbocycles. The van der Waals surface area contributed by atoms with Crippen molar-refractivity contribution in [2.75, 3.05) is 30.4 Å². The number of nitrogens with zero attached hydrogens (tertiary/aromatic N) is 4. The van der Waals surface area contributed by atoms with E-state index < -0.39 is 12.3 Å². The summed E-state index contributed by atoms with van der Waals surface area (Å²) in [5.41, 5.74) is 1.45. The number of aromatic nitrogens is 3. The second kappa shape index (κ2) is 9.49. The van der Waals surface area contributed by atoms with Gasteiger partial charge in [0.2, 0.25) is 5.69 Å². The first kappa shape index (κ1) is 23.2. The third kappa shape index (κ3) is 5.50. The van der Waals surface area contributed by atoms with Gasteiger partial charge in [-0.1, -0.05) is 17.3 Å². The zero-order chi connectivity index (χ0) is 24.3. The molecule has 1 fully saturated rings. The highest BCUT2D eigenvalue weighted by Crippen LogP contribution is 2.28. The lowest BCUT2D eigenvalue weighted by Gasteiger charge is -2.20. The molecule has 0 radical (unpaired) electrons. The Balaban J connectivity index is 1.45. The number of anilines is 2. The molecule has 2 N–H and O–H groups in total. The Morgan fingerprint density at radius 3 is 2.44 bits per heavy atom. The van der Waals surface area contributed by atoms with Crippen molar-refractivity contribution in [3.05, 3.63) is 59.8 Å². The van der Waals surface area contributed by atoms with Crippen molar-refractivity contribution in [1.29, 1.82) is 0 Å². The van der Waals surface area contributed by atoms with Crippen LogP contribution in [-0.4, -0.2) is 58.7 Å². The van der Waals surface area contributed by atoms with Crippen LogP contribution in [0.1, 0.15) is 22.5 Å². The molecule has 3 aromatic rings. The molecule has 34 heavy (non-hydrogen) atoms. The number of alkyl halides is 3. The fraction of sp³-hybridized carbons (Fsp3) is 0.318. The maximum atomic E-state index is 12.4. The van der Waals surface area contributed by atoms with Crippen molar-refractivity contribution >= 4 is 17.5 Å². The Bertz CT molecular complexity index is 1130. The number of nitrogens with one attached hydrogen (secondary N) is 1. The van der Waals surface area contributed by atoms with Crippen LogP contribution in [0.3, 0.4) is 0 Å². The Hall–Kier alpha value is -3.96. The number of methoxy groups -OCH3 is 1. The summed E-state index contributed by atoms with van der Waals surface area (Å²) in [5, 5.41) is 20.6. The lowest BCUT2D eigenvalue weighted by atomic mass is 10.2. The summed E-state index contributed by atoms with van der Waals surface area (Å²) in [4.78, 5) is 13.7. The maximum absolute atomic E-state index is 12.4. The van der Waals surface area contributed by atoms with E-state index in [1.807, 2.05) is 17.0 Å². The van der Waals surface area contributed by atoms with Gasteiger partial charge < -0.3 is 24.8 Å². The van der Waals surface area contributed by atoms with Crippen LogP contribution >= 0.6 is 0 Å². The number of rotatable bonds is 8. The first-order chi connectivity index (χ1) is 16.2. The molecule has 0 bridgehead atoms. The van der Waals surface area contributed by atoms with Gasteiger partial charge in [-0.3, -0.25) is 0 Å². The summed E-state index contributed by atoms with van der Waals surface area (Å²) < 4.78 is 47.7. The third-order valence-electron chi connectivity index (χ3n) is 5.39. The van der Waals surface area contributed by atoms with Gasteiger partial charge in [0.05, 0.1) is 13.7 Å². The zero-order valence-electron chi connectivity index (χ0n) is 18.1. The van der Waals surface area contributed by atoms with E-state index in [0.29, 0.717) is 37.6 Å². The van der Waals surface area contributed by atoms with Crippen LogP contribution in [-0.2, 0) is 6.54 Å². The average molecular weight is 477 g/mol. The van der Waals surface area contributed by atoms with E-state index in [9.17, 15) is 23.1 Å². The van der Waals surface area contributed by atoms with Gasteiger partial charge in [0.25, 0.3) is 0 Å². The highest BCUT2D eigenvalue weighted by molar-refractivity contribution is 5.90. The number of carbonyl (C=O) groups is 1. The third-order valence-corrected chi connectivity index (χ3v) is 5.39. The number of aromatic carboxylic acids is 1. The molecule has 0 amide bonds. The Kier molecular flexibility index (Phi) is 6.48. The van der Waals surface area contributed by atoms with E-state index >= 15 is 0 Å². The molecule has 1 aliphatic heterocycles. The van der Waals surface area contributed by atoms with E-state index in [2.05, 4.69) is 20.4 Å². The monoisotopic (exact) mass is 477 g/mol. The second-order valence-electron chi connectivity index (χ2n) is 7.72. The molecule has 1 aromatic heterocycles. The van der Waals surface area contributed by atoms with Crippen LogP contribution in [0.15, 0.2) is 48.5 Å². The standard InChI is InChI=1S/C22H22F3N5O4/c1-33-17-6-2-14(3-7-17)12-30-20(19(21(31)32)27-28-30)26-15-10-11-29(13-15)16-4-8-18(9-5-16)34-22(23,24)25/h2-9,15,26H,10-13H2,1H3,(H,31,32). The zero-order valence-corrected chi connectivity index (χ0v) is 18.1. The van der Waals surface area contributed by atoms with Crippen LogP contribution < -0.4 is 19.7 Å². The van der Waals surface area contributed by atoms with Crippen LogP contribution in [0.25, 0.3) is 0 Å². The second-order valence-corrected chi connectivity index (χ2v) is 7.72. The smallest absolute Gasteiger partial charge is 0.497 e. The molecule has 2 heterocycles. The minimum atomic E-state index is -4.74. The van der Waals surface area contributed by atoms with Crippen molar-refractivity contribution in [2.24, 2.45) is 0 Å². The topological polar surface area (TPSA) is 102 Å². The first-order valence-corrected chi connectivity index (χ1v) is 10.4. The number of benzene rings is 2. The number of carboxylic acid groups (broad SMARTS) is 1. The number of hydrogen-bond donors (Lipinski definition) is 2. The fourth-order valence-electron chi connectivity index (χ4n) is 3.78. The van der Waals surface area contributed by atoms with Gasteiger partial charge >= 0.3 is 12.3 Å². The molecule has 1 saturated heterocycles. The van der Waals surface area contributed by atoms with Crippen LogP contribution in [0.5, 0.6) is 11.5 Å². The Morgan fingerprint density at radius 2 is 1.82 bits per heavy atom. The molecule has 180 valence electrons. The molecule has 2 aromatic carbocycles. The van der Waals surface area contributed by atoms with Crippen LogP contribution in [0, 0.1) is 0 Å². The molecule has 4 rings (SSSR count). The van der Waals surface area contributed by atoms with E-state index in [0.717, 1.165) is 11.3 Å². The highest BCUT2D eigenvalue weighted by atomic mass is 19.4. The SMILES string of the molecule is COc1ccc(Cn2nnc(C(=O)O)c2NC2CCN(c3ccc(OC(F)(F)F)cc3)C2)cc1. The molecule has 1 aliphatic rings. The van der Waals surface area contributed by atoms with Crippen molar-refractivity contribution < 1.29 is 32.5 Å². The Morgan fingerprint density at radius 1 is 1.15 bits per heavy atom. The van der Waals surface area contributed by atoms with Gasteiger partial charge in [-0.2, -0.15) is 0 Å². The number of carboxylic acids is 1. The van der Waals surface area contributed by atoms with Gasteiger partial charge in [-0.25, -0.2) is 9.48 Å². The summed E-state index contributed by atoms with van der Waals surface area (Å²) in [6.45, 7) is 1.47. The maximum Gasteiger partial charge on any atom is 0.573 e. The van der Waals surface area contributed by atoms with E-state index in [4.69, 9.17) is 4.74 Å². The summed E-state index contributed by atoms with van der Waals surface area (Å²) in [6.07, 6.45) is -4.05. The largest absolute Gasteiger partial charge is 0.573 e. The predicted octanol–water partition coefficient (Wildman–Crippen LogP) is 3.62. The lowest BCUT2D eigenvalue weighted by Crippen LogP contribution is -2.28. The average Bonchev–Trinajstić information content (AvgIpc) is 3.42.